The van der Waals surface area contributed by atoms with E-state index in [0.29, 0.717) is 34.3 Å². The smallest absolute Gasteiger partial charge is 0.431 e. The van der Waals surface area contributed by atoms with E-state index in [4.69, 9.17) is 16.3 Å². The SMILES string of the molecule is CCC1C(Cc2ccc(N3N=C(C(F)(F)F)[C@@H](C)[C@@H]3CC(=O)O)cc2)C1CN(C)c1cc(OC)ncc1Cl. The number of carboxylic acids is 1. The molecule has 1 aliphatic heterocycles. The van der Waals surface area contributed by atoms with Gasteiger partial charge in [-0.1, -0.05) is 44.0 Å². The van der Waals surface area contributed by atoms with Crippen LogP contribution in [0.1, 0.15) is 32.3 Å². The zero-order valence-electron chi connectivity index (χ0n) is 21.7. The molecule has 2 aromatic rings. The van der Waals surface area contributed by atoms with Crippen LogP contribution in [0, 0.1) is 23.7 Å². The number of carbonyl (C=O) groups is 1. The third kappa shape index (κ3) is 5.85. The Morgan fingerprint density at radius 1 is 1.21 bits per heavy atom. The quantitative estimate of drug-likeness (QED) is 0.395. The van der Waals surface area contributed by atoms with Gasteiger partial charge in [0.2, 0.25) is 5.88 Å². The topological polar surface area (TPSA) is 78.3 Å². The monoisotopic (exact) mass is 552 g/mol. The van der Waals surface area contributed by atoms with Crippen LogP contribution in [0.4, 0.5) is 24.5 Å². The number of anilines is 2. The van der Waals surface area contributed by atoms with E-state index in [0.717, 1.165) is 30.6 Å². The molecule has 2 aliphatic rings. The van der Waals surface area contributed by atoms with Crippen molar-refractivity contribution in [1.82, 2.24) is 4.98 Å². The number of carboxylic acid groups (broad SMARTS) is 1. The number of nitrogens with zero attached hydrogens (tertiary/aromatic N) is 4. The molecule has 0 amide bonds. The van der Waals surface area contributed by atoms with Crippen molar-refractivity contribution in [2.75, 3.05) is 30.6 Å². The van der Waals surface area contributed by atoms with E-state index in [1.54, 1.807) is 25.4 Å². The van der Waals surface area contributed by atoms with Gasteiger partial charge in [0, 0.05) is 25.6 Å². The average Bonchev–Trinajstić information content (AvgIpc) is 3.40. The lowest BCUT2D eigenvalue weighted by Crippen LogP contribution is -2.36. The molecule has 0 bridgehead atoms. The Morgan fingerprint density at radius 2 is 1.89 bits per heavy atom. The number of hydrazone groups is 1. The lowest BCUT2D eigenvalue weighted by molar-refractivity contribution is -0.137. The fraction of sp³-hybridized carbons (Fsp3) is 0.519. The number of rotatable bonds is 10. The molecule has 3 unspecified atom stereocenters. The molecule has 1 aromatic carbocycles. The summed E-state index contributed by atoms with van der Waals surface area (Å²) in [5.74, 6) is -0.216. The van der Waals surface area contributed by atoms with Gasteiger partial charge in [-0.3, -0.25) is 9.80 Å². The molecule has 1 N–H and O–H groups in total. The van der Waals surface area contributed by atoms with E-state index < -0.39 is 36.2 Å². The summed E-state index contributed by atoms with van der Waals surface area (Å²) in [4.78, 5) is 17.6. The highest BCUT2D eigenvalue weighted by molar-refractivity contribution is 6.33. The fourth-order valence-corrected chi connectivity index (χ4v) is 5.92. The lowest BCUT2D eigenvalue weighted by atomic mass is 9.94. The fourth-order valence-electron chi connectivity index (χ4n) is 5.67. The van der Waals surface area contributed by atoms with Crippen molar-refractivity contribution >= 4 is 34.7 Å². The van der Waals surface area contributed by atoms with Crippen molar-refractivity contribution < 1.29 is 27.8 Å². The van der Waals surface area contributed by atoms with Crippen LogP contribution in [0.2, 0.25) is 5.02 Å². The van der Waals surface area contributed by atoms with E-state index in [9.17, 15) is 23.1 Å². The van der Waals surface area contributed by atoms with Gasteiger partial charge < -0.3 is 14.7 Å². The summed E-state index contributed by atoms with van der Waals surface area (Å²) in [6, 6.07) is 8.18. The average molecular weight is 553 g/mol. The Morgan fingerprint density at radius 3 is 2.47 bits per heavy atom. The summed E-state index contributed by atoms with van der Waals surface area (Å²) in [7, 11) is 3.56. The van der Waals surface area contributed by atoms with Gasteiger partial charge in [-0.15, -0.1) is 0 Å². The van der Waals surface area contributed by atoms with Crippen LogP contribution in [-0.4, -0.2) is 54.7 Å². The van der Waals surface area contributed by atoms with E-state index in [2.05, 4.69) is 21.9 Å². The third-order valence-electron chi connectivity index (χ3n) is 7.78. The van der Waals surface area contributed by atoms with Crippen LogP contribution in [0.15, 0.2) is 41.6 Å². The predicted molar refractivity (Wildman–Crippen MR) is 141 cm³/mol. The molecule has 7 nitrogen and oxygen atoms in total. The number of benzene rings is 1. The highest BCUT2D eigenvalue weighted by Gasteiger charge is 2.50. The van der Waals surface area contributed by atoms with Crippen molar-refractivity contribution in [1.29, 1.82) is 0 Å². The summed E-state index contributed by atoms with van der Waals surface area (Å²) in [5.41, 5.74) is 1.44. The molecule has 5 atom stereocenters. The molecule has 38 heavy (non-hydrogen) atoms. The van der Waals surface area contributed by atoms with Gasteiger partial charge in [0.05, 0.1) is 42.2 Å². The Labute approximate surface area is 225 Å². The lowest BCUT2D eigenvalue weighted by Gasteiger charge is -2.25. The van der Waals surface area contributed by atoms with Crippen molar-refractivity contribution in [3.8, 4) is 5.88 Å². The molecular formula is C27H32ClF3N4O3. The first-order chi connectivity index (χ1) is 17.9. The highest BCUT2D eigenvalue weighted by atomic mass is 35.5. The zero-order valence-corrected chi connectivity index (χ0v) is 22.5. The van der Waals surface area contributed by atoms with Gasteiger partial charge in [-0.05, 0) is 41.9 Å². The molecule has 11 heteroatoms. The van der Waals surface area contributed by atoms with Gasteiger partial charge in [0.15, 0.2) is 0 Å². The molecule has 1 aromatic heterocycles. The Kier molecular flexibility index (Phi) is 8.11. The maximum atomic E-state index is 13.5. The van der Waals surface area contributed by atoms with Crippen molar-refractivity contribution in [2.24, 2.45) is 28.8 Å². The first-order valence-electron chi connectivity index (χ1n) is 12.6. The summed E-state index contributed by atoms with van der Waals surface area (Å²) < 4.78 is 45.6. The number of halogens is 4. The number of aliphatic carboxylic acids is 1. The van der Waals surface area contributed by atoms with E-state index in [1.807, 2.05) is 25.2 Å². The van der Waals surface area contributed by atoms with E-state index >= 15 is 0 Å². The minimum absolute atomic E-state index is 0.436. The summed E-state index contributed by atoms with van der Waals surface area (Å²) in [6.45, 7) is 4.38. The van der Waals surface area contributed by atoms with Crippen molar-refractivity contribution in [3.05, 3.63) is 47.1 Å². The van der Waals surface area contributed by atoms with Gasteiger partial charge >= 0.3 is 12.1 Å². The number of hydrogen-bond donors (Lipinski definition) is 1. The van der Waals surface area contributed by atoms with Crippen LogP contribution >= 0.6 is 11.6 Å². The molecule has 1 aliphatic carbocycles. The normalized spacial score (nSPS) is 24.8. The molecule has 0 saturated heterocycles. The van der Waals surface area contributed by atoms with Crippen LogP contribution in [0.5, 0.6) is 5.88 Å². The molecule has 2 heterocycles. The highest BCUT2D eigenvalue weighted by Crippen LogP contribution is 2.51. The largest absolute Gasteiger partial charge is 0.481 e. The standard InChI is InChI=1S/C27H32ClF3N4O3/c1-5-18-19(20(18)14-34(3)23-11-24(38-4)32-13-21(23)28)10-16-6-8-17(9-7-16)35-22(12-25(36)37)15(2)26(33-35)27(29,30)31/h6-9,11,13,15,18-20,22H,5,10,12,14H2,1-4H3,(H,36,37)/t15-,18?,19?,20?,22-/m0/s1. The Balaban J connectivity index is 1.45. The number of pyridine rings is 1. The van der Waals surface area contributed by atoms with Crippen molar-refractivity contribution in [3.63, 3.8) is 0 Å². The number of alkyl halides is 3. The summed E-state index contributed by atoms with van der Waals surface area (Å²) >= 11 is 6.37. The second kappa shape index (κ2) is 11.0. The minimum atomic E-state index is -4.61. The van der Waals surface area contributed by atoms with Crippen LogP contribution < -0.4 is 14.6 Å². The maximum Gasteiger partial charge on any atom is 0.431 e. The molecule has 0 radical (unpaired) electrons. The second-order valence-corrected chi connectivity index (χ2v) is 10.5. The molecular weight excluding hydrogens is 521 g/mol. The van der Waals surface area contributed by atoms with Crippen LogP contribution in [0.25, 0.3) is 0 Å². The Bertz CT molecular complexity index is 1190. The number of ether oxygens (including phenoxy) is 1. The maximum absolute atomic E-state index is 13.5. The number of methoxy groups -OCH3 is 1. The Hall–Kier alpha value is -3.01. The first-order valence-corrected chi connectivity index (χ1v) is 13.0. The third-order valence-corrected chi connectivity index (χ3v) is 8.07. The minimum Gasteiger partial charge on any atom is -0.481 e. The number of aromatic nitrogens is 1. The van der Waals surface area contributed by atoms with Crippen LogP contribution in [0.3, 0.4) is 0 Å². The molecule has 4 rings (SSSR count). The molecule has 206 valence electrons. The van der Waals surface area contributed by atoms with Crippen LogP contribution in [-0.2, 0) is 11.2 Å². The van der Waals surface area contributed by atoms with E-state index in [-0.39, 0.29) is 0 Å². The van der Waals surface area contributed by atoms with Crippen molar-refractivity contribution in [2.45, 2.75) is 45.3 Å². The van der Waals surface area contributed by atoms with Gasteiger partial charge in [0.1, 0.15) is 5.71 Å². The first kappa shape index (κ1) is 28.0. The van der Waals surface area contributed by atoms with Gasteiger partial charge in [-0.25, -0.2) is 4.98 Å². The molecule has 1 fully saturated rings. The second-order valence-electron chi connectivity index (χ2n) is 10.1. The summed E-state index contributed by atoms with van der Waals surface area (Å²) in [5, 5.41) is 14.8. The van der Waals surface area contributed by atoms with Gasteiger partial charge in [-0.2, -0.15) is 18.3 Å². The zero-order chi connectivity index (χ0) is 27.8. The van der Waals surface area contributed by atoms with E-state index in [1.165, 1.54) is 11.9 Å². The number of hydrogen-bond acceptors (Lipinski definition) is 6. The predicted octanol–water partition coefficient (Wildman–Crippen LogP) is 5.91. The molecule has 0 spiro atoms. The molecule has 1 saturated carbocycles. The summed E-state index contributed by atoms with van der Waals surface area (Å²) in [6.07, 6.45) is -1.57. The van der Waals surface area contributed by atoms with Gasteiger partial charge in [0.25, 0.3) is 0 Å².